The second-order valence-electron chi connectivity index (χ2n) is 4.25. The summed E-state index contributed by atoms with van der Waals surface area (Å²) in [6, 6.07) is 3.30. The molecule has 6 heteroatoms. The van der Waals surface area contributed by atoms with E-state index in [-0.39, 0.29) is 23.1 Å². The minimum atomic E-state index is -0.280. The molecular formula is C12H19N3O3. The number of pyridine rings is 1. The van der Waals surface area contributed by atoms with Gasteiger partial charge in [-0.3, -0.25) is 4.79 Å². The molecule has 0 atom stereocenters. The highest BCUT2D eigenvalue weighted by molar-refractivity contribution is 5.96. The molecule has 100 valence electrons. The van der Waals surface area contributed by atoms with Crippen LogP contribution in [0.3, 0.4) is 0 Å². The van der Waals surface area contributed by atoms with Gasteiger partial charge in [0.1, 0.15) is 0 Å². The summed E-state index contributed by atoms with van der Waals surface area (Å²) in [5.74, 6) is -0.182. The predicted molar refractivity (Wildman–Crippen MR) is 69.0 cm³/mol. The highest BCUT2D eigenvalue weighted by atomic mass is 16.5. The maximum atomic E-state index is 12.1. The third-order valence-electron chi connectivity index (χ3n) is 2.54. The Morgan fingerprint density at radius 2 is 2.22 bits per heavy atom. The molecule has 1 heterocycles. The van der Waals surface area contributed by atoms with Crippen LogP contribution in [0.15, 0.2) is 22.1 Å². The Morgan fingerprint density at radius 1 is 1.56 bits per heavy atom. The zero-order chi connectivity index (χ0) is 13.7. The first-order chi connectivity index (χ1) is 8.47. The van der Waals surface area contributed by atoms with Crippen molar-refractivity contribution >= 4 is 5.84 Å². The molecule has 0 aliphatic heterocycles. The molecule has 0 bridgehead atoms. The zero-order valence-corrected chi connectivity index (χ0v) is 10.9. The van der Waals surface area contributed by atoms with Crippen LogP contribution < -0.4 is 11.3 Å². The molecule has 1 aromatic heterocycles. The lowest BCUT2D eigenvalue weighted by molar-refractivity contribution is 0.0719. The van der Waals surface area contributed by atoms with Crippen LogP contribution >= 0.6 is 0 Å². The number of aryl methyl sites for hydroxylation is 1. The van der Waals surface area contributed by atoms with E-state index >= 15 is 0 Å². The van der Waals surface area contributed by atoms with Crippen molar-refractivity contribution in [2.24, 2.45) is 10.9 Å². The lowest BCUT2D eigenvalue weighted by Gasteiger charge is -2.13. The first-order valence-electron chi connectivity index (χ1n) is 5.77. The largest absolute Gasteiger partial charge is 0.409 e. The molecule has 0 aromatic carbocycles. The number of rotatable bonds is 5. The maximum absolute atomic E-state index is 12.1. The third kappa shape index (κ3) is 3.33. The summed E-state index contributed by atoms with van der Waals surface area (Å²) in [4.78, 5) is 12.1. The summed E-state index contributed by atoms with van der Waals surface area (Å²) >= 11 is 0. The summed E-state index contributed by atoms with van der Waals surface area (Å²) in [6.07, 6.45) is 0.119. The van der Waals surface area contributed by atoms with Crippen LogP contribution in [0.5, 0.6) is 0 Å². The zero-order valence-electron chi connectivity index (χ0n) is 10.9. The first-order valence-corrected chi connectivity index (χ1v) is 5.77. The van der Waals surface area contributed by atoms with Crippen LogP contribution in [0.2, 0.25) is 0 Å². The van der Waals surface area contributed by atoms with Crippen molar-refractivity contribution in [1.82, 2.24) is 4.57 Å². The average molecular weight is 253 g/mol. The number of ether oxygens (including phenoxy) is 1. The number of oxime groups is 1. The Labute approximate surface area is 106 Å². The second kappa shape index (κ2) is 6.20. The van der Waals surface area contributed by atoms with Gasteiger partial charge in [-0.1, -0.05) is 5.16 Å². The lowest BCUT2D eigenvalue weighted by Crippen LogP contribution is -2.32. The van der Waals surface area contributed by atoms with Crippen LogP contribution in [0.4, 0.5) is 0 Å². The fourth-order valence-electron chi connectivity index (χ4n) is 1.58. The summed E-state index contributed by atoms with van der Waals surface area (Å²) in [5.41, 5.74) is 6.16. The van der Waals surface area contributed by atoms with Gasteiger partial charge in [0.25, 0.3) is 5.56 Å². The molecule has 18 heavy (non-hydrogen) atoms. The molecule has 1 rings (SSSR count). The van der Waals surface area contributed by atoms with Crippen LogP contribution in [0.25, 0.3) is 0 Å². The SMILES string of the molecule is Cc1ccc(/C(N)=N/O)c(=O)n1CCOC(C)C. The molecule has 0 aliphatic carbocycles. The Hall–Kier alpha value is -1.82. The Kier molecular flexibility index (Phi) is 4.91. The van der Waals surface area contributed by atoms with Crippen molar-refractivity contribution in [2.45, 2.75) is 33.4 Å². The van der Waals surface area contributed by atoms with Gasteiger partial charge in [-0.15, -0.1) is 0 Å². The minimum Gasteiger partial charge on any atom is -0.409 e. The van der Waals surface area contributed by atoms with Gasteiger partial charge in [-0.25, -0.2) is 0 Å². The number of aromatic nitrogens is 1. The summed E-state index contributed by atoms with van der Waals surface area (Å²) in [5, 5.41) is 11.5. The van der Waals surface area contributed by atoms with E-state index in [0.717, 1.165) is 5.69 Å². The summed E-state index contributed by atoms with van der Waals surface area (Å²) in [7, 11) is 0. The molecule has 0 fully saturated rings. The van der Waals surface area contributed by atoms with Crippen LogP contribution in [-0.4, -0.2) is 28.3 Å². The van der Waals surface area contributed by atoms with Crippen molar-refractivity contribution in [3.63, 3.8) is 0 Å². The molecule has 0 saturated carbocycles. The topological polar surface area (TPSA) is 89.8 Å². The number of amidine groups is 1. The predicted octanol–water partition coefficient (Wildman–Crippen LogP) is 0.676. The van der Waals surface area contributed by atoms with Gasteiger partial charge in [0.05, 0.1) is 18.3 Å². The van der Waals surface area contributed by atoms with E-state index in [2.05, 4.69) is 5.16 Å². The van der Waals surface area contributed by atoms with Crippen molar-refractivity contribution in [2.75, 3.05) is 6.61 Å². The fraction of sp³-hybridized carbons (Fsp3) is 0.500. The van der Waals surface area contributed by atoms with Gasteiger partial charge in [-0.2, -0.15) is 0 Å². The average Bonchev–Trinajstić information content (AvgIpc) is 2.32. The first kappa shape index (κ1) is 14.2. The number of nitrogens with two attached hydrogens (primary N) is 1. The van der Waals surface area contributed by atoms with Gasteiger partial charge < -0.3 is 20.2 Å². The van der Waals surface area contributed by atoms with E-state index in [1.807, 2.05) is 20.8 Å². The Bertz CT molecular complexity index is 492. The molecule has 0 spiro atoms. The summed E-state index contributed by atoms with van der Waals surface area (Å²) in [6.45, 7) is 6.57. The molecular weight excluding hydrogens is 234 g/mol. The lowest BCUT2D eigenvalue weighted by atomic mass is 10.2. The number of hydrogen-bond acceptors (Lipinski definition) is 4. The Morgan fingerprint density at radius 3 is 2.78 bits per heavy atom. The highest BCUT2D eigenvalue weighted by Gasteiger charge is 2.10. The highest BCUT2D eigenvalue weighted by Crippen LogP contribution is 1.99. The van der Waals surface area contributed by atoms with E-state index in [4.69, 9.17) is 15.7 Å². The van der Waals surface area contributed by atoms with Gasteiger partial charge in [0.15, 0.2) is 5.84 Å². The molecule has 3 N–H and O–H groups in total. The fourth-order valence-corrected chi connectivity index (χ4v) is 1.58. The van der Waals surface area contributed by atoms with E-state index in [1.165, 1.54) is 0 Å². The molecule has 0 amide bonds. The van der Waals surface area contributed by atoms with Crippen LogP contribution in [-0.2, 0) is 11.3 Å². The van der Waals surface area contributed by atoms with E-state index in [0.29, 0.717) is 13.2 Å². The smallest absolute Gasteiger partial charge is 0.261 e. The molecule has 0 unspecified atom stereocenters. The summed E-state index contributed by atoms with van der Waals surface area (Å²) < 4.78 is 6.96. The van der Waals surface area contributed by atoms with E-state index in [1.54, 1.807) is 16.7 Å². The second-order valence-corrected chi connectivity index (χ2v) is 4.25. The van der Waals surface area contributed by atoms with Crippen molar-refractivity contribution in [1.29, 1.82) is 0 Å². The van der Waals surface area contributed by atoms with Crippen molar-refractivity contribution in [3.8, 4) is 0 Å². The number of hydrogen-bond donors (Lipinski definition) is 2. The van der Waals surface area contributed by atoms with Crippen LogP contribution in [0, 0.1) is 6.92 Å². The van der Waals surface area contributed by atoms with Gasteiger partial charge in [0, 0.05) is 12.2 Å². The standard InChI is InChI=1S/C12H19N3O3/c1-8(2)18-7-6-15-9(3)4-5-10(12(15)16)11(13)14-17/h4-5,8,17H,6-7H2,1-3H3,(H2,13,14). The molecule has 0 aliphatic rings. The number of nitrogens with zero attached hydrogens (tertiary/aromatic N) is 2. The van der Waals surface area contributed by atoms with Crippen molar-refractivity contribution in [3.05, 3.63) is 33.7 Å². The van der Waals surface area contributed by atoms with Gasteiger partial charge >= 0.3 is 0 Å². The van der Waals surface area contributed by atoms with Gasteiger partial charge in [-0.05, 0) is 32.9 Å². The van der Waals surface area contributed by atoms with Gasteiger partial charge in [0.2, 0.25) is 0 Å². The van der Waals surface area contributed by atoms with E-state index in [9.17, 15) is 4.79 Å². The normalized spacial score (nSPS) is 12.1. The maximum Gasteiger partial charge on any atom is 0.261 e. The minimum absolute atomic E-state index is 0.119. The quantitative estimate of drug-likeness (QED) is 0.349. The monoisotopic (exact) mass is 253 g/mol. The molecule has 0 saturated heterocycles. The molecule has 1 aromatic rings. The molecule has 6 nitrogen and oxygen atoms in total. The van der Waals surface area contributed by atoms with Crippen LogP contribution in [0.1, 0.15) is 25.1 Å². The van der Waals surface area contributed by atoms with E-state index < -0.39 is 0 Å². The van der Waals surface area contributed by atoms with Crippen molar-refractivity contribution < 1.29 is 9.94 Å². The third-order valence-corrected chi connectivity index (χ3v) is 2.54. The Balaban J connectivity index is 3.00. The molecule has 0 radical (unpaired) electrons.